The molecule has 0 aliphatic carbocycles. The number of benzene rings is 4. The summed E-state index contributed by atoms with van der Waals surface area (Å²) in [7, 11) is 0. The third kappa shape index (κ3) is 3.71. The number of aliphatic hydroxyl groups is 1. The number of para-hydroxylation sites is 1. The first-order valence-corrected chi connectivity index (χ1v) is 12.5. The van der Waals surface area contributed by atoms with Crippen LogP contribution < -0.4 is 10.4 Å². The molecule has 3 N–H and O–H groups in total. The van der Waals surface area contributed by atoms with Gasteiger partial charge >= 0.3 is 0 Å². The monoisotopic (exact) mass is 497 g/mol. The largest absolute Gasteiger partial charge is 0.390 e. The summed E-state index contributed by atoms with van der Waals surface area (Å²) in [5.41, 5.74) is 6.45. The zero-order valence-corrected chi connectivity index (χ0v) is 21.1. The lowest BCUT2D eigenvalue weighted by atomic mass is 9.83. The van der Waals surface area contributed by atoms with Crippen molar-refractivity contribution < 1.29 is 13.9 Å². The molecule has 1 aromatic heterocycles. The van der Waals surface area contributed by atoms with Gasteiger partial charge in [-0.25, -0.2) is 14.2 Å². The molecule has 0 saturated carbocycles. The molecule has 0 radical (unpaired) electrons. The smallest absolute Gasteiger partial charge is 0.139 e. The van der Waals surface area contributed by atoms with E-state index >= 15 is 8.78 Å². The number of aryl methyl sites for hydroxylation is 1. The van der Waals surface area contributed by atoms with E-state index in [1.165, 1.54) is 6.07 Å². The number of H-pyrrole nitrogens is 1. The van der Waals surface area contributed by atoms with Gasteiger partial charge in [0, 0.05) is 35.7 Å². The van der Waals surface area contributed by atoms with Gasteiger partial charge in [-0.1, -0.05) is 60.7 Å². The van der Waals surface area contributed by atoms with Crippen LogP contribution >= 0.6 is 0 Å². The summed E-state index contributed by atoms with van der Waals surface area (Å²) in [5, 5.41) is 16.0. The molecule has 0 amide bonds. The first-order valence-electron chi connectivity index (χ1n) is 12.5. The quantitative estimate of drug-likeness (QED) is 0.257. The molecule has 0 saturated heterocycles. The van der Waals surface area contributed by atoms with E-state index < -0.39 is 23.3 Å². The van der Waals surface area contributed by atoms with Gasteiger partial charge in [-0.05, 0) is 48.7 Å². The number of aromatic amines is 1. The molecule has 0 spiro atoms. The minimum absolute atomic E-state index is 0.0768. The Bertz CT molecular complexity index is 1650. The highest BCUT2D eigenvalue weighted by Crippen LogP contribution is 2.43. The fourth-order valence-corrected chi connectivity index (χ4v) is 5.59. The second-order valence-electron chi connectivity index (χ2n) is 10.4. The molecule has 0 bridgehead atoms. The minimum atomic E-state index is -0.864. The fourth-order valence-electron chi connectivity index (χ4n) is 5.59. The summed E-state index contributed by atoms with van der Waals surface area (Å²) in [5.74, 6) is -1.28. The highest BCUT2D eigenvalue weighted by atomic mass is 19.1. The zero-order chi connectivity index (χ0) is 25.9. The average molecular weight is 498 g/mol. The molecule has 37 heavy (non-hydrogen) atoms. The lowest BCUT2D eigenvalue weighted by Gasteiger charge is -2.48. The lowest BCUT2D eigenvalue weighted by Crippen LogP contribution is -2.61. The average Bonchev–Trinajstić information content (AvgIpc) is 3.27. The summed E-state index contributed by atoms with van der Waals surface area (Å²) < 4.78 is 32.0. The van der Waals surface area contributed by atoms with E-state index in [-0.39, 0.29) is 12.0 Å². The molecular weight excluding hydrogens is 468 g/mol. The van der Waals surface area contributed by atoms with Crippen LogP contribution in [0, 0.1) is 18.6 Å². The third-order valence-corrected chi connectivity index (χ3v) is 7.83. The number of hydrogen-bond acceptors (Lipinski definition) is 3. The van der Waals surface area contributed by atoms with Crippen molar-refractivity contribution in [1.82, 2.24) is 10.4 Å². The number of anilines is 1. The van der Waals surface area contributed by atoms with Crippen LogP contribution in [-0.4, -0.2) is 21.7 Å². The first-order chi connectivity index (χ1) is 17.8. The van der Waals surface area contributed by atoms with E-state index in [4.69, 9.17) is 0 Å². The Morgan fingerprint density at radius 2 is 1.76 bits per heavy atom. The molecule has 6 heteroatoms. The van der Waals surface area contributed by atoms with Crippen molar-refractivity contribution in [3.05, 3.63) is 101 Å². The van der Waals surface area contributed by atoms with Gasteiger partial charge in [0.05, 0.1) is 28.4 Å². The van der Waals surface area contributed by atoms with Crippen LogP contribution in [0.2, 0.25) is 0 Å². The second kappa shape index (κ2) is 8.68. The maximum absolute atomic E-state index is 16.2. The Morgan fingerprint density at radius 1 is 1.03 bits per heavy atom. The van der Waals surface area contributed by atoms with Crippen LogP contribution in [0.3, 0.4) is 0 Å². The first kappa shape index (κ1) is 23.6. The molecular formula is C31H29F2N3O. The van der Waals surface area contributed by atoms with Gasteiger partial charge in [0.1, 0.15) is 11.6 Å². The molecule has 4 aromatic carbocycles. The van der Waals surface area contributed by atoms with E-state index in [0.29, 0.717) is 28.9 Å². The standard InChI is InChI=1S/C31H29F2N3O/c1-18-16-34-30-21(18)12-7-13-23(30)28-25(32)15-26-24(29(28)33)14-27(37)31(2,3)36(26)35-17-20-10-6-9-19-8-4-5-11-22(19)20/h4-13,15-16,27,34-35,37H,14,17H2,1-3H3/t27-/m0/s1. The van der Waals surface area contributed by atoms with E-state index in [1.54, 1.807) is 11.1 Å². The fraction of sp³-hybridized carbons (Fsp3) is 0.226. The highest BCUT2D eigenvalue weighted by molar-refractivity contribution is 5.96. The van der Waals surface area contributed by atoms with E-state index in [1.807, 2.05) is 63.4 Å². The van der Waals surface area contributed by atoms with E-state index in [9.17, 15) is 5.11 Å². The van der Waals surface area contributed by atoms with Crippen molar-refractivity contribution >= 4 is 27.4 Å². The SMILES string of the molecule is Cc1c[nH]c2c(-c3c(F)cc4c(c3F)C[C@H](O)C(C)(C)N4NCc3cccc4ccccc34)cccc12. The van der Waals surface area contributed by atoms with Crippen molar-refractivity contribution in [3.63, 3.8) is 0 Å². The summed E-state index contributed by atoms with van der Waals surface area (Å²) in [6, 6.07) is 21.1. The predicted octanol–water partition coefficient (Wildman–Crippen LogP) is 6.78. The third-order valence-electron chi connectivity index (χ3n) is 7.83. The molecule has 0 unspecified atom stereocenters. The van der Waals surface area contributed by atoms with Gasteiger partial charge in [0.25, 0.3) is 0 Å². The molecule has 1 aliphatic rings. The van der Waals surface area contributed by atoms with Crippen molar-refractivity contribution in [2.24, 2.45) is 0 Å². The summed E-state index contributed by atoms with van der Waals surface area (Å²) in [4.78, 5) is 3.17. The van der Waals surface area contributed by atoms with Gasteiger partial charge < -0.3 is 10.1 Å². The van der Waals surface area contributed by atoms with Crippen molar-refractivity contribution in [1.29, 1.82) is 0 Å². The maximum Gasteiger partial charge on any atom is 0.139 e. The number of hydrogen-bond donors (Lipinski definition) is 3. The molecule has 6 rings (SSSR count). The van der Waals surface area contributed by atoms with Crippen LogP contribution in [0.25, 0.3) is 32.8 Å². The number of aliphatic hydroxyl groups excluding tert-OH is 1. The van der Waals surface area contributed by atoms with E-state index in [0.717, 1.165) is 27.3 Å². The predicted molar refractivity (Wildman–Crippen MR) is 145 cm³/mol. The van der Waals surface area contributed by atoms with Crippen molar-refractivity contribution in [2.45, 2.75) is 45.4 Å². The van der Waals surface area contributed by atoms with Crippen LogP contribution in [0.4, 0.5) is 14.5 Å². The van der Waals surface area contributed by atoms with Gasteiger partial charge in [-0.2, -0.15) is 0 Å². The number of fused-ring (bicyclic) bond motifs is 3. The normalized spacial score (nSPS) is 16.9. The topological polar surface area (TPSA) is 51.3 Å². The Hall–Kier alpha value is -3.74. The van der Waals surface area contributed by atoms with E-state index in [2.05, 4.69) is 28.6 Å². The van der Waals surface area contributed by atoms with Gasteiger partial charge in [0.15, 0.2) is 0 Å². The molecule has 4 nitrogen and oxygen atoms in total. The van der Waals surface area contributed by atoms with Crippen LogP contribution in [0.1, 0.15) is 30.5 Å². The summed E-state index contributed by atoms with van der Waals surface area (Å²) in [6.07, 6.45) is 1.07. The number of nitrogens with one attached hydrogen (secondary N) is 2. The zero-order valence-electron chi connectivity index (χ0n) is 21.1. The molecule has 188 valence electrons. The Kier molecular flexibility index (Phi) is 5.55. The molecule has 5 aromatic rings. The Morgan fingerprint density at radius 3 is 2.59 bits per heavy atom. The molecule has 1 aliphatic heterocycles. The number of halogens is 2. The molecule has 1 atom stereocenters. The van der Waals surface area contributed by atoms with Crippen molar-refractivity contribution in [2.75, 3.05) is 5.01 Å². The number of nitrogens with zero attached hydrogens (tertiary/aromatic N) is 1. The van der Waals surface area contributed by atoms with Crippen LogP contribution in [0.15, 0.2) is 72.9 Å². The van der Waals surface area contributed by atoms with Crippen LogP contribution in [-0.2, 0) is 13.0 Å². The molecule has 0 fully saturated rings. The highest BCUT2D eigenvalue weighted by Gasteiger charge is 2.42. The number of hydrazine groups is 1. The van der Waals surface area contributed by atoms with Crippen molar-refractivity contribution in [3.8, 4) is 11.1 Å². The Labute approximate surface area is 214 Å². The summed E-state index contributed by atoms with van der Waals surface area (Å²) in [6.45, 7) is 6.15. The van der Waals surface area contributed by atoms with Gasteiger partial charge in [-0.3, -0.25) is 5.01 Å². The number of rotatable bonds is 4. The van der Waals surface area contributed by atoms with Gasteiger partial charge in [0.2, 0.25) is 0 Å². The van der Waals surface area contributed by atoms with Crippen LogP contribution in [0.5, 0.6) is 0 Å². The minimum Gasteiger partial charge on any atom is -0.390 e. The Balaban J connectivity index is 1.45. The maximum atomic E-state index is 16.2. The lowest BCUT2D eigenvalue weighted by molar-refractivity contribution is 0.0830. The number of aromatic nitrogens is 1. The second-order valence-corrected chi connectivity index (χ2v) is 10.4. The van der Waals surface area contributed by atoms with Gasteiger partial charge in [-0.15, -0.1) is 0 Å². The summed E-state index contributed by atoms with van der Waals surface area (Å²) >= 11 is 0. The molecule has 2 heterocycles.